The van der Waals surface area contributed by atoms with Crippen LogP contribution in [0.25, 0.3) is 0 Å². The zero-order valence-electron chi connectivity index (χ0n) is 22.7. The fraction of sp³-hybridized carbons (Fsp3) is 0.375. The molecule has 5 heteroatoms. The minimum absolute atomic E-state index is 0.0675. The van der Waals surface area contributed by atoms with Crippen molar-refractivity contribution < 1.29 is 9.90 Å². The van der Waals surface area contributed by atoms with Gasteiger partial charge in [0.2, 0.25) is 0 Å². The van der Waals surface area contributed by atoms with Crippen LogP contribution in [0.2, 0.25) is 0 Å². The number of para-hydroxylation sites is 2. The highest BCUT2D eigenvalue weighted by molar-refractivity contribution is 5.71. The van der Waals surface area contributed by atoms with Crippen molar-refractivity contribution in [2.24, 2.45) is 0 Å². The number of nitrogens with one attached hydrogen (secondary N) is 1. The molecule has 0 fully saturated rings. The van der Waals surface area contributed by atoms with Crippen molar-refractivity contribution in [1.29, 1.82) is 5.26 Å². The summed E-state index contributed by atoms with van der Waals surface area (Å²) in [5, 5.41) is 22.0. The largest absolute Gasteiger partial charge is 0.481 e. The number of carboxylic acids is 1. The van der Waals surface area contributed by atoms with Crippen LogP contribution in [-0.2, 0) is 15.6 Å². The Morgan fingerprint density at radius 3 is 2.57 bits per heavy atom. The number of rotatable bonds is 11. The predicted octanol–water partition coefficient (Wildman–Crippen LogP) is 7.34. The van der Waals surface area contributed by atoms with Gasteiger partial charge in [-0.2, -0.15) is 5.26 Å². The molecule has 0 spiro atoms. The summed E-state index contributed by atoms with van der Waals surface area (Å²) < 4.78 is 0. The Morgan fingerprint density at radius 1 is 1.16 bits per heavy atom. The molecule has 2 aromatic carbocycles. The van der Waals surface area contributed by atoms with E-state index in [1.54, 1.807) is 0 Å². The van der Waals surface area contributed by atoms with Gasteiger partial charge in [-0.3, -0.25) is 4.79 Å². The molecule has 0 radical (unpaired) electrons. The van der Waals surface area contributed by atoms with E-state index in [1.807, 2.05) is 30.4 Å². The van der Waals surface area contributed by atoms with Gasteiger partial charge < -0.3 is 15.3 Å². The van der Waals surface area contributed by atoms with Gasteiger partial charge in [-0.25, -0.2) is 0 Å². The van der Waals surface area contributed by atoms with Crippen molar-refractivity contribution in [3.05, 3.63) is 95.2 Å². The van der Waals surface area contributed by atoms with Gasteiger partial charge >= 0.3 is 5.97 Å². The average molecular weight is 498 g/mol. The summed E-state index contributed by atoms with van der Waals surface area (Å²) >= 11 is 0. The normalized spacial score (nSPS) is 16.2. The van der Waals surface area contributed by atoms with Crippen LogP contribution in [0, 0.1) is 11.3 Å². The number of nitriles is 1. The first-order valence-electron chi connectivity index (χ1n) is 13.0. The summed E-state index contributed by atoms with van der Waals surface area (Å²) in [6.07, 6.45) is 9.83. The molecule has 1 aliphatic heterocycles. The molecule has 0 saturated carbocycles. The molecule has 0 amide bonds. The molecule has 1 aliphatic rings. The molecule has 1 heterocycles. The molecule has 2 aromatic rings. The summed E-state index contributed by atoms with van der Waals surface area (Å²) in [6, 6.07) is 18.9. The molecule has 0 aromatic heterocycles. The predicted molar refractivity (Wildman–Crippen MR) is 153 cm³/mol. The number of aliphatic carboxylic acids is 1. The van der Waals surface area contributed by atoms with Crippen molar-refractivity contribution in [2.45, 2.75) is 64.7 Å². The molecule has 194 valence electrons. The molecule has 0 atom stereocenters. The Hall–Kier alpha value is -3.78. The number of allylic oxidation sites excluding steroid dienone is 6. The summed E-state index contributed by atoms with van der Waals surface area (Å²) in [5.41, 5.74) is 6.12. The second-order valence-electron chi connectivity index (χ2n) is 10.7. The lowest BCUT2D eigenvalue weighted by molar-refractivity contribution is -0.136. The summed E-state index contributed by atoms with van der Waals surface area (Å²) in [6.45, 7) is 12.3. The second kappa shape index (κ2) is 12.0. The van der Waals surface area contributed by atoms with Gasteiger partial charge in [0.05, 0.1) is 18.1 Å². The molecule has 0 unspecified atom stereocenters. The van der Waals surface area contributed by atoms with Crippen LogP contribution in [0.3, 0.4) is 0 Å². The first-order chi connectivity index (χ1) is 17.6. The van der Waals surface area contributed by atoms with Crippen LogP contribution < -0.4 is 10.2 Å². The summed E-state index contributed by atoms with van der Waals surface area (Å²) in [5.74, 6) is -0.819. The molecule has 37 heavy (non-hydrogen) atoms. The quantitative estimate of drug-likeness (QED) is 0.251. The molecule has 5 nitrogen and oxygen atoms in total. The van der Waals surface area contributed by atoms with Crippen LogP contribution in [-0.4, -0.2) is 24.2 Å². The number of nitrogens with zero attached hydrogens (tertiary/aromatic N) is 2. The Balaban J connectivity index is 1.79. The standard InChI is InChI=1S/C32H39N3O2/c1-6-22-35-28-16-10-8-14-26(28)32(4,5)29(35)18-17-24(23-33)12-11-20-31(2,3)25-13-7-9-15-27(25)34-21-19-30(36)37/h7-18,34H,6,19-22H2,1-5H3,(H,36,37)/b12-11+,24-17-,29-18+. The Labute approximate surface area is 221 Å². The van der Waals surface area contributed by atoms with E-state index in [4.69, 9.17) is 5.11 Å². The highest BCUT2D eigenvalue weighted by Gasteiger charge is 2.39. The minimum Gasteiger partial charge on any atom is -0.481 e. The zero-order chi connectivity index (χ0) is 27.1. The maximum absolute atomic E-state index is 10.9. The van der Waals surface area contributed by atoms with Crippen molar-refractivity contribution in [3.8, 4) is 6.07 Å². The lowest BCUT2D eigenvalue weighted by atomic mass is 9.80. The first-order valence-corrected chi connectivity index (χ1v) is 13.0. The van der Waals surface area contributed by atoms with Crippen molar-refractivity contribution in [3.63, 3.8) is 0 Å². The van der Waals surface area contributed by atoms with E-state index < -0.39 is 5.97 Å². The fourth-order valence-corrected chi connectivity index (χ4v) is 5.03. The van der Waals surface area contributed by atoms with E-state index in [2.05, 4.69) is 93.4 Å². The number of carboxylic acid groups (broad SMARTS) is 1. The number of hydrogen-bond donors (Lipinski definition) is 2. The number of hydrogen-bond acceptors (Lipinski definition) is 4. The van der Waals surface area contributed by atoms with Crippen LogP contribution in [0.15, 0.2) is 84.1 Å². The highest BCUT2D eigenvalue weighted by atomic mass is 16.4. The minimum atomic E-state index is -0.819. The Morgan fingerprint density at radius 2 is 1.86 bits per heavy atom. The van der Waals surface area contributed by atoms with E-state index in [0.29, 0.717) is 12.1 Å². The number of carbonyl (C=O) groups is 1. The van der Waals surface area contributed by atoms with Crippen LogP contribution in [0.5, 0.6) is 0 Å². The van der Waals surface area contributed by atoms with E-state index in [1.165, 1.54) is 16.9 Å². The van der Waals surface area contributed by atoms with Gasteiger partial charge in [0.1, 0.15) is 0 Å². The van der Waals surface area contributed by atoms with Gasteiger partial charge in [0.15, 0.2) is 0 Å². The lowest BCUT2D eigenvalue weighted by Gasteiger charge is -2.27. The molecule has 0 saturated heterocycles. The molecule has 0 bridgehead atoms. The first kappa shape index (κ1) is 27.8. The SMILES string of the molecule is CCCN1/C(=C/C=C(C#N)/C=C/CC(C)(C)c2ccccc2NCCC(=O)O)C(C)(C)c2ccccc21. The van der Waals surface area contributed by atoms with E-state index in [9.17, 15) is 10.1 Å². The van der Waals surface area contributed by atoms with Crippen molar-refractivity contribution in [2.75, 3.05) is 23.3 Å². The van der Waals surface area contributed by atoms with Crippen molar-refractivity contribution in [1.82, 2.24) is 0 Å². The third-order valence-electron chi connectivity index (χ3n) is 7.03. The highest BCUT2D eigenvalue weighted by Crippen LogP contribution is 2.47. The molecular formula is C32H39N3O2. The summed E-state index contributed by atoms with van der Waals surface area (Å²) in [7, 11) is 0. The monoisotopic (exact) mass is 497 g/mol. The third-order valence-corrected chi connectivity index (χ3v) is 7.03. The average Bonchev–Trinajstić information content (AvgIpc) is 3.07. The Kier molecular flexibility index (Phi) is 8.99. The molecular weight excluding hydrogens is 458 g/mol. The third kappa shape index (κ3) is 6.51. The van der Waals surface area contributed by atoms with Crippen molar-refractivity contribution >= 4 is 17.3 Å². The van der Waals surface area contributed by atoms with Gasteiger partial charge in [0, 0.05) is 35.6 Å². The topological polar surface area (TPSA) is 76.4 Å². The summed E-state index contributed by atoms with van der Waals surface area (Å²) in [4.78, 5) is 13.3. The van der Waals surface area contributed by atoms with Crippen LogP contribution in [0.4, 0.5) is 11.4 Å². The molecule has 3 rings (SSSR count). The van der Waals surface area contributed by atoms with Crippen LogP contribution >= 0.6 is 0 Å². The van der Waals surface area contributed by atoms with E-state index >= 15 is 0 Å². The lowest BCUT2D eigenvalue weighted by Crippen LogP contribution is -2.26. The smallest absolute Gasteiger partial charge is 0.305 e. The van der Waals surface area contributed by atoms with E-state index in [-0.39, 0.29) is 17.3 Å². The fourth-order valence-electron chi connectivity index (χ4n) is 5.03. The van der Waals surface area contributed by atoms with Gasteiger partial charge in [0.25, 0.3) is 0 Å². The zero-order valence-corrected chi connectivity index (χ0v) is 22.7. The Bertz CT molecular complexity index is 1240. The molecule has 0 aliphatic carbocycles. The van der Waals surface area contributed by atoms with Crippen LogP contribution in [0.1, 0.15) is 65.0 Å². The van der Waals surface area contributed by atoms with Gasteiger partial charge in [-0.15, -0.1) is 0 Å². The number of anilines is 2. The maximum atomic E-state index is 10.9. The van der Waals surface area contributed by atoms with Gasteiger partial charge in [-0.1, -0.05) is 77.1 Å². The second-order valence-corrected chi connectivity index (χ2v) is 10.7. The number of benzene rings is 2. The maximum Gasteiger partial charge on any atom is 0.305 e. The van der Waals surface area contributed by atoms with E-state index in [0.717, 1.165) is 30.6 Å². The van der Waals surface area contributed by atoms with Gasteiger partial charge in [-0.05, 0) is 59.7 Å². The molecule has 2 N–H and O–H groups in total. The number of fused-ring (bicyclic) bond motifs is 1.